The first-order chi connectivity index (χ1) is 9.66. The zero-order chi connectivity index (χ0) is 14.1. The molecule has 0 aliphatic heterocycles. The van der Waals surface area contributed by atoms with Gasteiger partial charge in [0, 0.05) is 3.57 Å². The third-order valence-electron chi connectivity index (χ3n) is 3.43. The lowest BCUT2D eigenvalue weighted by atomic mass is 10.1. The molecule has 0 radical (unpaired) electrons. The number of carbonyl (C=O) groups excluding carboxylic acids is 1. The lowest BCUT2D eigenvalue weighted by Crippen LogP contribution is -2.16. The molecule has 0 aromatic heterocycles. The molecule has 2 aromatic rings. The number of hydrogen-bond donors (Lipinski definition) is 0. The second kappa shape index (κ2) is 6.01. The van der Waals surface area contributed by atoms with Crippen LogP contribution in [0, 0.1) is 3.57 Å². The van der Waals surface area contributed by atoms with E-state index < -0.39 is 0 Å². The molecule has 0 bridgehead atoms. The Morgan fingerprint density at radius 3 is 2.60 bits per heavy atom. The molecular weight excluding hydrogens is 478 g/mol. The fraction of sp³-hybridized carbons (Fsp3) is 0.188. The van der Waals surface area contributed by atoms with Gasteiger partial charge in [-0.05, 0) is 52.3 Å². The Hall–Kier alpha value is -0.630. The molecule has 2 unspecified atom stereocenters. The highest BCUT2D eigenvalue weighted by atomic mass is 127. The normalized spacial score (nSPS) is 20.5. The number of ether oxygens (including phenoxy) is 1. The number of esters is 1. The maximum atomic E-state index is 12.3. The van der Waals surface area contributed by atoms with E-state index in [-0.39, 0.29) is 12.1 Å². The average molecular weight is 490 g/mol. The zero-order valence-electron chi connectivity index (χ0n) is 10.6. The van der Waals surface area contributed by atoms with Crippen molar-refractivity contribution in [1.82, 2.24) is 0 Å². The van der Waals surface area contributed by atoms with Gasteiger partial charge in [0.05, 0.1) is 9.49 Å². The van der Waals surface area contributed by atoms with Crippen LogP contribution in [0.25, 0.3) is 0 Å². The van der Waals surface area contributed by atoms with Gasteiger partial charge >= 0.3 is 5.97 Å². The van der Waals surface area contributed by atoms with Crippen LogP contribution in [0.15, 0.2) is 48.5 Å². The lowest BCUT2D eigenvalue weighted by molar-refractivity contribution is 0.0321. The van der Waals surface area contributed by atoms with Crippen molar-refractivity contribution in [2.24, 2.45) is 0 Å². The maximum Gasteiger partial charge on any atom is 0.339 e. The van der Waals surface area contributed by atoms with Crippen LogP contribution in [0.2, 0.25) is 0 Å². The van der Waals surface area contributed by atoms with Gasteiger partial charge in [-0.25, -0.2) is 4.79 Å². The van der Waals surface area contributed by atoms with Gasteiger partial charge in [-0.2, -0.15) is 0 Å². The average Bonchev–Trinajstić information content (AvgIpc) is 2.76. The number of rotatable bonds is 2. The number of benzene rings is 2. The molecule has 1 aliphatic rings. The van der Waals surface area contributed by atoms with E-state index in [0.717, 1.165) is 15.6 Å². The fourth-order valence-corrected chi connectivity index (χ4v) is 4.07. The smallest absolute Gasteiger partial charge is 0.339 e. The highest BCUT2D eigenvalue weighted by molar-refractivity contribution is 14.1. The molecule has 4 heteroatoms. The van der Waals surface area contributed by atoms with Crippen molar-refractivity contribution in [3.63, 3.8) is 0 Å². The first-order valence-corrected chi connectivity index (χ1v) is 8.66. The Kier molecular flexibility index (Phi) is 4.30. The summed E-state index contributed by atoms with van der Waals surface area (Å²) in [6, 6.07) is 15.7. The van der Waals surface area contributed by atoms with E-state index in [4.69, 9.17) is 4.74 Å². The van der Waals surface area contributed by atoms with Crippen molar-refractivity contribution < 1.29 is 9.53 Å². The SMILES string of the molecule is O=C(OC1c2ccccc2CC1I)c1ccccc1I. The molecule has 0 spiro atoms. The van der Waals surface area contributed by atoms with Crippen LogP contribution in [0.4, 0.5) is 0 Å². The summed E-state index contributed by atoms with van der Waals surface area (Å²) in [6.07, 6.45) is 0.816. The van der Waals surface area contributed by atoms with Crippen molar-refractivity contribution in [2.45, 2.75) is 16.4 Å². The minimum atomic E-state index is -0.238. The second-order valence-electron chi connectivity index (χ2n) is 4.72. The molecule has 0 fully saturated rings. The van der Waals surface area contributed by atoms with E-state index in [1.807, 2.05) is 36.4 Å². The summed E-state index contributed by atoms with van der Waals surface area (Å²) in [7, 11) is 0. The quantitative estimate of drug-likeness (QED) is 0.351. The van der Waals surface area contributed by atoms with Crippen molar-refractivity contribution in [2.75, 3.05) is 0 Å². The van der Waals surface area contributed by atoms with Gasteiger partial charge in [0.2, 0.25) is 0 Å². The Bertz CT molecular complexity index is 654. The number of halogens is 2. The van der Waals surface area contributed by atoms with Crippen LogP contribution in [0.5, 0.6) is 0 Å². The molecule has 0 heterocycles. The standard InChI is InChI=1S/C16H12I2O2/c17-13-8-4-3-7-12(13)16(19)20-15-11-6-2-1-5-10(11)9-14(15)18/h1-8,14-15H,9H2. The van der Waals surface area contributed by atoms with Crippen LogP contribution >= 0.6 is 45.2 Å². The van der Waals surface area contributed by atoms with Gasteiger partial charge in [-0.3, -0.25) is 0 Å². The van der Waals surface area contributed by atoms with Gasteiger partial charge in [0.25, 0.3) is 0 Å². The lowest BCUT2D eigenvalue weighted by Gasteiger charge is -2.17. The number of carbonyl (C=O) groups is 1. The molecule has 20 heavy (non-hydrogen) atoms. The van der Waals surface area contributed by atoms with Crippen molar-refractivity contribution in [3.05, 3.63) is 68.8 Å². The summed E-state index contributed by atoms with van der Waals surface area (Å²) in [4.78, 5) is 12.3. The van der Waals surface area contributed by atoms with Crippen molar-refractivity contribution >= 4 is 51.2 Å². The van der Waals surface area contributed by atoms with Crippen molar-refractivity contribution in [1.29, 1.82) is 0 Å². The highest BCUT2D eigenvalue weighted by Gasteiger charge is 2.33. The topological polar surface area (TPSA) is 26.3 Å². The Labute approximate surface area is 145 Å². The first-order valence-electron chi connectivity index (χ1n) is 6.34. The van der Waals surface area contributed by atoms with Crippen LogP contribution in [0.3, 0.4) is 0 Å². The van der Waals surface area contributed by atoms with Gasteiger partial charge in [0.15, 0.2) is 0 Å². The van der Waals surface area contributed by atoms with E-state index in [0.29, 0.717) is 9.49 Å². The fourth-order valence-electron chi connectivity index (χ4n) is 2.45. The Balaban J connectivity index is 1.85. The molecule has 2 nitrogen and oxygen atoms in total. The molecule has 102 valence electrons. The predicted molar refractivity (Wildman–Crippen MR) is 95.3 cm³/mol. The molecular formula is C16H12I2O2. The van der Waals surface area contributed by atoms with E-state index in [9.17, 15) is 4.79 Å². The van der Waals surface area contributed by atoms with Crippen LogP contribution in [0.1, 0.15) is 27.6 Å². The third-order valence-corrected chi connectivity index (χ3v) is 5.47. The van der Waals surface area contributed by atoms with E-state index in [1.165, 1.54) is 5.56 Å². The first kappa shape index (κ1) is 14.3. The Morgan fingerprint density at radius 2 is 1.80 bits per heavy atom. The molecule has 3 rings (SSSR count). The highest BCUT2D eigenvalue weighted by Crippen LogP contribution is 2.39. The van der Waals surface area contributed by atoms with Gasteiger partial charge in [-0.15, -0.1) is 0 Å². The molecule has 0 N–H and O–H groups in total. The molecule has 0 saturated carbocycles. The summed E-state index contributed by atoms with van der Waals surface area (Å²) in [5, 5.41) is 0. The van der Waals surface area contributed by atoms with E-state index >= 15 is 0 Å². The maximum absolute atomic E-state index is 12.3. The van der Waals surface area contributed by atoms with Gasteiger partial charge in [-0.1, -0.05) is 59.0 Å². The van der Waals surface area contributed by atoms with Gasteiger partial charge in [0.1, 0.15) is 6.10 Å². The monoisotopic (exact) mass is 490 g/mol. The minimum absolute atomic E-state index is 0.143. The molecule has 2 aromatic carbocycles. The summed E-state index contributed by atoms with van der Waals surface area (Å²) < 4.78 is 6.99. The summed E-state index contributed by atoms with van der Waals surface area (Å²) >= 11 is 4.54. The largest absolute Gasteiger partial charge is 0.453 e. The van der Waals surface area contributed by atoms with E-state index in [1.54, 1.807) is 0 Å². The Morgan fingerprint density at radius 1 is 1.10 bits per heavy atom. The molecule has 0 saturated heterocycles. The van der Waals surface area contributed by atoms with Crippen LogP contribution in [-0.2, 0) is 11.2 Å². The summed E-state index contributed by atoms with van der Waals surface area (Å²) in [5.74, 6) is -0.238. The molecule has 2 atom stereocenters. The zero-order valence-corrected chi connectivity index (χ0v) is 14.9. The number of hydrogen-bond acceptors (Lipinski definition) is 2. The summed E-state index contributed by atoms with van der Waals surface area (Å²) in [5.41, 5.74) is 3.07. The second-order valence-corrected chi connectivity index (χ2v) is 7.49. The predicted octanol–water partition coefficient (Wildman–Crippen LogP) is 4.55. The molecule has 0 amide bonds. The number of fused-ring (bicyclic) bond motifs is 1. The van der Waals surface area contributed by atoms with E-state index in [2.05, 4.69) is 57.3 Å². The van der Waals surface area contributed by atoms with Crippen LogP contribution in [-0.4, -0.2) is 9.89 Å². The number of alkyl halides is 1. The third kappa shape index (κ3) is 2.72. The summed E-state index contributed by atoms with van der Waals surface area (Å²) in [6.45, 7) is 0. The molecule has 1 aliphatic carbocycles. The van der Waals surface area contributed by atoms with Crippen molar-refractivity contribution in [3.8, 4) is 0 Å². The van der Waals surface area contributed by atoms with Crippen LogP contribution < -0.4 is 0 Å². The minimum Gasteiger partial charge on any atom is -0.453 e. The van der Waals surface area contributed by atoms with Gasteiger partial charge < -0.3 is 4.74 Å².